The predicted octanol–water partition coefficient (Wildman–Crippen LogP) is 4.32. The smallest absolute Gasteiger partial charge is 0.255 e. The molecule has 0 unspecified atom stereocenters. The second kappa shape index (κ2) is 6.93. The van der Waals surface area contributed by atoms with Gasteiger partial charge in [0.2, 0.25) is 0 Å². The number of nitrogens with one attached hydrogen (secondary N) is 2. The van der Waals surface area contributed by atoms with Gasteiger partial charge < -0.3 is 10.6 Å². The van der Waals surface area contributed by atoms with Gasteiger partial charge in [0.25, 0.3) is 5.91 Å². The Balaban J connectivity index is 2.00. The molecule has 3 nitrogen and oxygen atoms in total. The SMILES string of the molecule is Cc1ccccc1C(=O)Nc1ccc(NCC(C)C)cc1. The van der Waals surface area contributed by atoms with Crippen molar-refractivity contribution in [1.29, 1.82) is 0 Å². The molecule has 2 aromatic rings. The molecule has 1 amide bonds. The van der Waals surface area contributed by atoms with Gasteiger partial charge in [-0.05, 0) is 48.7 Å². The number of aryl methyl sites for hydroxylation is 1. The van der Waals surface area contributed by atoms with Crippen LogP contribution < -0.4 is 10.6 Å². The van der Waals surface area contributed by atoms with E-state index < -0.39 is 0 Å². The molecule has 0 aliphatic carbocycles. The molecular weight excluding hydrogens is 260 g/mol. The van der Waals surface area contributed by atoms with Crippen LogP contribution in [0.5, 0.6) is 0 Å². The van der Waals surface area contributed by atoms with Crippen molar-refractivity contribution < 1.29 is 4.79 Å². The van der Waals surface area contributed by atoms with Gasteiger partial charge in [-0.1, -0.05) is 32.0 Å². The lowest BCUT2D eigenvalue weighted by Gasteiger charge is -2.11. The lowest BCUT2D eigenvalue weighted by atomic mass is 10.1. The van der Waals surface area contributed by atoms with Crippen molar-refractivity contribution in [3.63, 3.8) is 0 Å². The Morgan fingerprint density at radius 2 is 1.62 bits per heavy atom. The summed E-state index contributed by atoms with van der Waals surface area (Å²) in [5, 5.41) is 6.28. The summed E-state index contributed by atoms with van der Waals surface area (Å²) >= 11 is 0. The third kappa shape index (κ3) is 4.35. The number of hydrogen-bond acceptors (Lipinski definition) is 2. The van der Waals surface area contributed by atoms with E-state index in [1.165, 1.54) is 0 Å². The molecule has 0 spiro atoms. The highest BCUT2D eigenvalue weighted by Gasteiger charge is 2.08. The summed E-state index contributed by atoms with van der Waals surface area (Å²) in [7, 11) is 0. The summed E-state index contributed by atoms with van der Waals surface area (Å²) in [6, 6.07) is 15.4. The van der Waals surface area contributed by atoms with Crippen molar-refractivity contribution in [2.45, 2.75) is 20.8 Å². The highest BCUT2D eigenvalue weighted by Crippen LogP contribution is 2.16. The number of hydrogen-bond donors (Lipinski definition) is 2. The standard InChI is InChI=1S/C18H22N2O/c1-13(2)12-19-15-8-10-16(11-9-15)20-18(21)17-7-5-4-6-14(17)3/h4-11,13,19H,12H2,1-3H3,(H,20,21). The fourth-order valence-electron chi connectivity index (χ4n) is 2.02. The van der Waals surface area contributed by atoms with Crippen LogP contribution in [-0.4, -0.2) is 12.5 Å². The normalized spacial score (nSPS) is 10.5. The number of anilines is 2. The van der Waals surface area contributed by atoms with Crippen molar-refractivity contribution in [3.8, 4) is 0 Å². The zero-order chi connectivity index (χ0) is 15.2. The molecule has 0 fully saturated rings. The molecular formula is C18H22N2O. The average Bonchev–Trinajstić information content (AvgIpc) is 2.47. The van der Waals surface area contributed by atoms with Crippen LogP contribution in [-0.2, 0) is 0 Å². The van der Waals surface area contributed by atoms with E-state index in [1.54, 1.807) is 0 Å². The quantitative estimate of drug-likeness (QED) is 0.857. The number of carbonyl (C=O) groups excluding carboxylic acids is 1. The average molecular weight is 282 g/mol. The van der Waals surface area contributed by atoms with Gasteiger partial charge in [-0.15, -0.1) is 0 Å². The Kier molecular flexibility index (Phi) is 4.99. The minimum Gasteiger partial charge on any atom is -0.385 e. The molecule has 0 aliphatic heterocycles. The summed E-state index contributed by atoms with van der Waals surface area (Å²) in [5.41, 5.74) is 3.56. The highest BCUT2D eigenvalue weighted by molar-refractivity contribution is 6.05. The van der Waals surface area contributed by atoms with Crippen molar-refractivity contribution in [2.24, 2.45) is 5.92 Å². The molecule has 2 N–H and O–H groups in total. The van der Waals surface area contributed by atoms with Crippen LogP contribution in [0.25, 0.3) is 0 Å². The maximum Gasteiger partial charge on any atom is 0.255 e. The van der Waals surface area contributed by atoms with Gasteiger partial charge in [0, 0.05) is 23.5 Å². The Morgan fingerprint density at radius 1 is 1.00 bits per heavy atom. The molecule has 0 aliphatic rings. The molecule has 0 aromatic heterocycles. The van der Waals surface area contributed by atoms with Crippen molar-refractivity contribution in [2.75, 3.05) is 17.2 Å². The molecule has 3 heteroatoms. The fraction of sp³-hybridized carbons (Fsp3) is 0.278. The summed E-state index contributed by atoms with van der Waals surface area (Å²) in [5.74, 6) is 0.529. The van der Waals surface area contributed by atoms with E-state index in [2.05, 4.69) is 24.5 Å². The Bertz CT molecular complexity index is 603. The monoisotopic (exact) mass is 282 g/mol. The first kappa shape index (κ1) is 15.1. The van der Waals surface area contributed by atoms with Gasteiger partial charge in [0.15, 0.2) is 0 Å². The van der Waals surface area contributed by atoms with Crippen LogP contribution in [0.2, 0.25) is 0 Å². The van der Waals surface area contributed by atoms with Gasteiger partial charge in [-0.25, -0.2) is 0 Å². The second-order valence-electron chi connectivity index (χ2n) is 5.62. The second-order valence-corrected chi connectivity index (χ2v) is 5.62. The van der Waals surface area contributed by atoms with Crippen LogP contribution in [0.3, 0.4) is 0 Å². The third-order valence-electron chi connectivity index (χ3n) is 3.25. The number of amides is 1. The lowest BCUT2D eigenvalue weighted by molar-refractivity contribution is 0.102. The summed E-state index contributed by atoms with van der Waals surface area (Å²) < 4.78 is 0. The summed E-state index contributed by atoms with van der Waals surface area (Å²) in [4.78, 5) is 12.2. The van der Waals surface area contributed by atoms with Gasteiger partial charge in [0.1, 0.15) is 0 Å². The van der Waals surface area contributed by atoms with E-state index in [0.717, 1.165) is 23.5 Å². The van der Waals surface area contributed by atoms with Gasteiger partial charge >= 0.3 is 0 Å². The van der Waals surface area contributed by atoms with Crippen LogP contribution in [0.15, 0.2) is 48.5 Å². The molecule has 110 valence electrons. The first-order chi connectivity index (χ1) is 10.1. The minimum absolute atomic E-state index is 0.0732. The van der Waals surface area contributed by atoms with E-state index >= 15 is 0 Å². The van der Waals surface area contributed by atoms with E-state index in [-0.39, 0.29) is 5.91 Å². The number of rotatable bonds is 5. The zero-order valence-electron chi connectivity index (χ0n) is 12.8. The van der Waals surface area contributed by atoms with Crippen molar-refractivity contribution in [3.05, 3.63) is 59.7 Å². The topological polar surface area (TPSA) is 41.1 Å². The minimum atomic E-state index is -0.0732. The molecule has 2 aromatic carbocycles. The van der Waals surface area contributed by atoms with E-state index in [9.17, 15) is 4.79 Å². The van der Waals surface area contributed by atoms with E-state index in [4.69, 9.17) is 0 Å². The Hall–Kier alpha value is -2.29. The molecule has 21 heavy (non-hydrogen) atoms. The van der Waals surface area contributed by atoms with Gasteiger partial charge in [0.05, 0.1) is 0 Å². The number of benzene rings is 2. The molecule has 0 heterocycles. The number of carbonyl (C=O) groups is 1. The van der Waals surface area contributed by atoms with Crippen LogP contribution in [0.1, 0.15) is 29.8 Å². The Morgan fingerprint density at radius 3 is 2.24 bits per heavy atom. The molecule has 0 saturated heterocycles. The predicted molar refractivity (Wildman–Crippen MR) is 88.9 cm³/mol. The first-order valence-corrected chi connectivity index (χ1v) is 7.27. The van der Waals surface area contributed by atoms with E-state index in [0.29, 0.717) is 11.5 Å². The molecule has 0 radical (unpaired) electrons. The van der Waals surface area contributed by atoms with Crippen LogP contribution >= 0.6 is 0 Å². The van der Waals surface area contributed by atoms with Gasteiger partial charge in [-0.2, -0.15) is 0 Å². The van der Waals surface area contributed by atoms with E-state index in [1.807, 2.05) is 55.5 Å². The van der Waals surface area contributed by atoms with Crippen molar-refractivity contribution >= 4 is 17.3 Å². The molecule has 2 rings (SSSR count). The first-order valence-electron chi connectivity index (χ1n) is 7.27. The largest absolute Gasteiger partial charge is 0.385 e. The van der Waals surface area contributed by atoms with Crippen LogP contribution in [0, 0.1) is 12.8 Å². The summed E-state index contributed by atoms with van der Waals surface area (Å²) in [6.45, 7) is 7.22. The van der Waals surface area contributed by atoms with Crippen molar-refractivity contribution in [1.82, 2.24) is 0 Å². The maximum atomic E-state index is 12.2. The summed E-state index contributed by atoms with van der Waals surface area (Å²) in [6.07, 6.45) is 0. The van der Waals surface area contributed by atoms with Crippen LogP contribution in [0.4, 0.5) is 11.4 Å². The third-order valence-corrected chi connectivity index (χ3v) is 3.25. The fourth-order valence-corrected chi connectivity index (χ4v) is 2.02. The molecule has 0 bridgehead atoms. The van der Waals surface area contributed by atoms with Gasteiger partial charge in [-0.3, -0.25) is 4.79 Å². The Labute approximate surface area is 126 Å². The zero-order valence-corrected chi connectivity index (χ0v) is 12.8. The lowest BCUT2D eigenvalue weighted by Crippen LogP contribution is -2.13. The maximum absolute atomic E-state index is 12.2. The molecule has 0 atom stereocenters. The molecule has 0 saturated carbocycles. The highest BCUT2D eigenvalue weighted by atomic mass is 16.1.